The molecule has 1 N–H and O–H groups in total. The highest BCUT2D eigenvalue weighted by atomic mass is 16.6. The monoisotopic (exact) mass is 179 g/mol. The maximum absolute atomic E-state index is 10.9. The first-order valence-electron chi connectivity index (χ1n) is 3.77. The van der Waals surface area contributed by atoms with Crippen LogP contribution in [0.2, 0.25) is 0 Å². The molecule has 0 saturated carbocycles. The van der Waals surface area contributed by atoms with Gasteiger partial charge in [-0.3, -0.25) is 0 Å². The highest BCUT2D eigenvalue weighted by Crippen LogP contribution is 2.07. The van der Waals surface area contributed by atoms with Crippen LogP contribution in [-0.2, 0) is 4.79 Å². The Balaban J connectivity index is 2.41. The van der Waals surface area contributed by atoms with Gasteiger partial charge in [-0.05, 0) is 12.1 Å². The molecule has 0 unspecified atom stereocenters. The fraction of sp³-hybridized carbons (Fsp3) is 0.111. The molecule has 4 nitrogen and oxygen atoms in total. The van der Waals surface area contributed by atoms with Gasteiger partial charge in [-0.25, -0.2) is 4.79 Å². The van der Waals surface area contributed by atoms with Crippen molar-refractivity contribution >= 4 is 12.4 Å². The number of aldehydes is 1. The van der Waals surface area contributed by atoms with Crippen molar-refractivity contribution in [2.75, 3.05) is 6.54 Å². The van der Waals surface area contributed by atoms with E-state index in [1.54, 1.807) is 24.3 Å². The number of hydrogen-bond donors (Lipinski definition) is 1. The summed E-state index contributed by atoms with van der Waals surface area (Å²) in [7, 11) is 0. The molecule has 0 fully saturated rings. The molecule has 0 bridgehead atoms. The quantitative estimate of drug-likeness (QED) is 0.703. The Labute approximate surface area is 75.5 Å². The summed E-state index contributed by atoms with van der Waals surface area (Å²) < 4.78 is 4.81. The lowest BCUT2D eigenvalue weighted by molar-refractivity contribution is -0.107. The lowest BCUT2D eigenvalue weighted by Gasteiger charge is -2.02. The average Bonchev–Trinajstić information content (AvgIpc) is 2.16. The van der Waals surface area contributed by atoms with E-state index in [0.29, 0.717) is 12.0 Å². The summed E-state index contributed by atoms with van der Waals surface area (Å²) in [5.41, 5.74) is 0. The number of carbonyl (C=O) groups excluding carboxylic acids is 2. The third kappa shape index (κ3) is 3.37. The van der Waals surface area contributed by atoms with Crippen LogP contribution >= 0.6 is 0 Å². The van der Waals surface area contributed by atoms with E-state index in [1.165, 1.54) is 0 Å². The summed E-state index contributed by atoms with van der Waals surface area (Å²) in [5.74, 6) is 0.450. The number of hydrogen-bond acceptors (Lipinski definition) is 3. The van der Waals surface area contributed by atoms with E-state index in [9.17, 15) is 9.59 Å². The minimum absolute atomic E-state index is 0.0360. The molecule has 13 heavy (non-hydrogen) atoms. The average molecular weight is 179 g/mol. The number of nitrogens with one attached hydrogen (secondary N) is 1. The van der Waals surface area contributed by atoms with Gasteiger partial charge in [0.1, 0.15) is 12.0 Å². The predicted octanol–water partition coefficient (Wildman–Crippen LogP) is 0.974. The summed E-state index contributed by atoms with van der Waals surface area (Å²) in [5, 5.41) is 2.25. The van der Waals surface area contributed by atoms with E-state index in [-0.39, 0.29) is 6.54 Å². The van der Waals surface area contributed by atoms with E-state index in [2.05, 4.69) is 5.32 Å². The smallest absolute Gasteiger partial charge is 0.410 e. The number of benzene rings is 1. The molecule has 1 aromatic carbocycles. The van der Waals surface area contributed by atoms with E-state index >= 15 is 0 Å². The molecule has 0 aromatic heterocycles. The molecule has 0 aliphatic carbocycles. The van der Waals surface area contributed by atoms with Gasteiger partial charge in [0.25, 0.3) is 0 Å². The van der Waals surface area contributed by atoms with Crippen molar-refractivity contribution in [2.24, 2.45) is 0 Å². The molecule has 0 heterocycles. The van der Waals surface area contributed by atoms with E-state index in [4.69, 9.17) is 4.74 Å². The van der Waals surface area contributed by atoms with Crippen LogP contribution in [0.25, 0.3) is 0 Å². The van der Waals surface area contributed by atoms with Gasteiger partial charge in [-0.1, -0.05) is 18.2 Å². The first-order chi connectivity index (χ1) is 6.33. The molecule has 0 saturated heterocycles. The van der Waals surface area contributed by atoms with Gasteiger partial charge in [0, 0.05) is 0 Å². The second kappa shape index (κ2) is 4.92. The Hall–Kier alpha value is -1.84. The van der Waals surface area contributed by atoms with Crippen LogP contribution in [0.5, 0.6) is 5.75 Å². The summed E-state index contributed by atoms with van der Waals surface area (Å²) >= 11 is 0. The van der Waals surface area contributed by atoms with Crippen molar-refractivity contribution in [3.63, 3.8) is 0 Å². The van der Waals surface area contributed by atoms with Gasteiger partial charge in [-0.2, -0.15) is 0 Å². The molecule has 1 amide bonds. The molecule has 1 aromatic rings. The molecule has 0 aliphatic heterocycles. The van der Waals surface area contributed by atoms with E-state index < -0.39 is 6.09 Å². The van der Waals surface area contributed by atoms with Crippen molar-refractivity contribution in [2.45, 2.75) is 0 Å². The number of ether oxygens (including phenoxy) is 1. The Morgan fingerprint density at radius 1 is 1.38 bits per heavy atom. The zero-order chi connectivity index (χ0) is 9.52. The van der Waals surface area contributed by atoms with Crippen LogP contribution in [-0.4, -0.2) is 18.9 Å². The van der Waals surface area contributed by atoms with Gasteiger partial charge in [0.15, 0.2) is 0 Å². The van der Waals surface area contributed by atoms with Crippen LogP contribution < -0.4 is 10.1 Å². The summed E-state index contributed by atoms with van der Waals surface area (Å²) in [6.07, 6.45) is -0.0370. The van der Waals surface area contributed by atoms with Gasteiger partial charge < -0.3 is 14.8 Å². The van der Waals surface area contributed by atoms with Crippen LogP contribution in [0.15, 0.2) is 30.3 Å². The van der Waals surface area contributed by atoms with Crippen molar-refractivity contribution in [1.82, 2.24) is 5.32 Å². The second-order valence-electron chi connectivity index (χ2n) is 2.25. The SMILES string of the molecule is O=CCNC(=O)Oc1ccccc1. The van der Waals surface area contributed by atoms with Crippen LogP contribution in [0.4, 0.5) is 4.79 Å². The minimum atomic E-state index is -0.627. The van der Waals surface area contributed by atoms with Crippen LogP contribution in [0.1, 0.15) is 0 Å². The summed E-state index contributed by atoms with van der Waals surface area (Å²) in [6.45, 7) is -0.0360. The molecule has 0 spiro atoms. The van der Waals surface area contributed by atoms with Crippen LogP contribution in [0.3, 0.4) is 0 Å². The van der Waals surface area contributed by atoms with E-state index in [0.717, 1.165) is 0 Å². The lowest BCUT2D eigenvalue weighted by atomic mass is 10.3. The molecule has 0 aliphatic rings. The second-order valence-corrected chi connectivity index (χ2v) is 2.25. The van der Waals surface area contributed by atoms with Gasteiger partial charge >= 0.3 is 6.09 Å². The van der Waals surface area contributed by atoms with Gasteiger partial charge in [0.05, 0.1) is 6.54 Å². The largest absolute Gasteiger partial charge is 0.412 e. The Bertz CT molecular complexity index is 284. The molecular weight excluding hydrogens is 170 g/mol. The number of carbonyl (C=O) groups is 2. The lowest BCUT2D eigenvalue weighted by Crippen LogP contribution is -2.28. The maximum Gasteiger partial charge on any atom is 0.412 e. The molecule has 4 heteroatoms. The van der Waals surface area contributed by atoms with Gasteiger partial charge in [-0.15, -0.1) is 0 Å². The third-order valence-electron chi connectivity index (χ3n) is 1.28. The molecule has 0 radical (unpaired) electrons. The summed E-state index contributed by atoms with van der Waals surface area (Å²) in [6, 6.07) is 8.63. The first-order valence-corrected chi connectivity index (χ1v) is 3.77. The van der Waals surface area contributed by atoms with Crippen molar-refractivity contribution in [1.29, 1.82) is 0 Å². The highest BCUT2D eigenvalue weighted by Gasteiger charge is 2.00. The Kier molecular flexibility index (Phi) is 3.50. The fourth-order valence-electron chi connectivity index (χ4n) is 0.757. The van der Waals surface area contributed by atoms with E-state index in [1.807, 2.05) is 6.07 Å². The number of rotatable bonds is 3. The topological polar surface area (TPSA) is 55.4 Å². The first kappa shape index (κ1) is 9.25. The standard InChI is InChI=1S/C9H9NO3/c11-7-6-10-9(12)13-8-4-2-1-3-5-8/h1-5,7H,6H2,(H,10,12). The maximum atomic E-state index is 10.9. The minimum Gasteiger partial charge on any atom is -0.410 e. The number of para-hydroxylation sites is 1. The molecule has 68 valence electrons. The van der Waals surface area contributed by atoms with Crippen molar-refractivity contribution < 1.29 is 14.3 Å². The molecular formula is C9H9NO3. The van der Waals surface area contributed by atoms with Crippen molar-refractivity contribution in [3.8, 4) is 5.75 Å². The van der Waals surface area contributed by atoms with Crippen LogP contribution in [0, 0.1) is 0 Å². The molecule has 0 atom stereocenters. The Morgan fingerprint density at radius 2 is 2.08 bits per heavy atom. The normalized spacial score (nSPS) is 8.92. The third-order valence-corrected chi connectivity index (χ3v) is 1.28. The summed E-state index contributed by atoms with van der Waals surface area (Å²) in [4.78, 5) is 20.8. The fourth-order valence-corrected chi connectivity index (χ4v) is 0.757. The number of amides is 1. The Morgan fingerprint density at radius 3 is 2.69 bits per heavy atom. The van der Waals surface area contributed by atoms with Crippen molar-refractivity contribution in [3.05, 3.63) is 30.3 Å². The van der Waals surface area contributed by atoms with Gasteiger partial charge in [0.2, 0.25) is 0 Å². The predicted molar refractivity (Wildman–Crippen MR) is 46.5 cm³/mol. The zero-order valence-electron chi connectivity index (χ0n) is 6.90. The highest BCUT2D eigenvalue weighted by molar-refractivity contribution is 5.73. The zero-order valence-corrected chi connectivity index (χ0v) is 6.90. The molecule has 1 rings (SSSR count).